The van der Waals surface area contributed by atoms with E-state index in [2.05, 4.69) is 4.90 Å². The van der Waals surface area contributed by atoms with Gasteiger partial charge in [-0.3, -0.25) is 4.90 Å². The minimum absolute atomic E-state index is 0.750. The third kappa shape index (κ3) is 6.10. The van der Waals surface area contributed by atoms with Crippen LogP contribution in [0.4, 0.5) is 0 Å². The number of methoxy groups -OCH3 is 1. The van der Waals surface area contributed by atoms with Crippen LogP contribution in [0.5, 0.6) is 0 Å². The van der Waals surface area contributed by atoms with Gasteiger partial charge in [0.05, 0.1) is 6.61 Å². The van der Waals surface area contributed by atoms with E-state index in [1.54, 1.807) is 7.11 Å². The molecule has 1 saturated carbocycles. The van der Waals surface area contributed by atoms with E-state index in [0.29, 0.717) is 0 Å². The molecule has 2 N–H and O–H groups in total. The third-order valence-electron chi connectivity index (χ3n) is 2.64. The van der Waals surface area contributed by atoms with Crippen molar-refractivity contribution in [3.63, 3.8) is 0 Å². The van der Waals surface area contributed by atoms with E-state index in [0.717, 1.165) is 51.9 Å². The molecule has 1 fully saturated rings. The monoisotopic (exact) mass is 216 g/mol. The van der Waals surface area contributed by atoms with Crippen LogP contribution < -0.4 is 5.73 Å². The van der Waals surface area contributed by atoms with Gasteiger partial charge in [-0.25, -0.2) is 0 Å². The summed E-state index contributed by atoms with van der Waals surface area (Å²) < 4.78 is 10.5. The molecular formula is C11H24N2O2. The number of ether oxygens (including phenoxy) is 2. The standard InChI is InChI=1S/C11H24N2O2/c1-14-8-2-9-15-10-7-13(6-5-12)11-3-4-11/h11H,2-10,12H2,1H3. The topological polar surface area (TPSA) is 47.7 Å². The second-order valence-corrected chi connectivity index (χ2v) is 4.01. The van der Waals surface area contributed by atoms with E-state index in [1.165, 1.54) is 12.8 Å². The van der Waals surface area contributed by atoms with Gasteiger partial charge in [-0.15, -0.1) is 0 Å². The van der Waals surface area contributed by atoms with E-state index >= 15 is 0 Å². The highest BCUT2D eigenvalue weighted by atomic mass is 16.5. The molecule has 90 valence electrons. The highest BCUT2D eigenvalue weighted by Crippen LogP contribution is 2.25. The zero-order valence-electron chi connectivity index (χ0n) is 9.78. The van der Waals surface area contributed by atoms with Crippen LogP contribution in [0.1, 0.15) is 19.3 Å². The zero-order valence-corrected chi connectivity index (χ0v) is 9.78. The average Bonchev–Trinajstić information content (AvgIpc) is 3.05. The summed E-state index contributed by atoms with van der Waals surface area (Å²) in [7, 11) is 1.72. The second-order valence-electron chi connectivity index (χ2n) is 4.01. The summed E-state index contributed by atoms with van der Waals surface area (Å²) in [5, 5.41) is 0. The van der Waals surface area contributed by atoms with Gasteiger partial charge < -0.3 is 15.2 Å². The maximum Gasteiger partial charge on any atom is 0.0593 e. The summed E-state index contributed by atoms with van der Waals surface area (Å²) in [5.74, 6) is 0. The number of hydrogen-bond acceptors (Lipinski definition) is 4. The molecule has 0 saturated heterocycles. The summed E-state index contributed by atoms with van der Waals surface area (Å²) in [5.41, 5.74) is 5.57. The molecule has 0 spiro atoms. The van der Waals surface area contributed by atoms with Crippen molar-refractivity contribution in [3.05, 3.63) is 0 Å². The molecule has 4 heteroatoms. The van der Waals surface area contributed by atoms with Crippen molar-refractivity contribution < 1.29 is 9.47 Å². The van der Waals surface area contributed by atoms with Gasteiger partial charge >= 0.3 is 0 Å². The Morgan fingerprint density at radius 2 is 2.00 bits per heavy atom. The van der Waals surface area contributed by atoms with E-state index in [-0.39, 0.29) is 0 Å². The fraction of sp³-hybridized carbons (Fsp3) is 1.00. The molecule has 0 aromatic rings. The van der Waals surface area contributed by atoms with Gasteiger partial charge in [0, 0.05) is 46.0 Å². The SMILES string of the molecule is COCCCOCCN(CCN)C1CC1. The van der Waals surface area contributed by atoms with E-state index < -0.39 is 0 Å². The number of nitrogens with zero attached hydrogens (tertiary/aromatic N) is 1. The Morgan fingerprint density at radius 1 is 1.20 bits per heavy atom. The Kier molecular flexibility index (Phi) is 6.92. The molecule has 0 bridgehead atoms. The lowest BCUT2D eigenvalue weighted by atomic mass is 10.4. The fourth-order valence-corrected chi connectivity index (χ4v) is 1.67. The molecule has 15 heavy (non-hydrogen) atoms. The Balaban J connectivity index is 1.92. The van der Waals surface area contributed by atoms with Crippen molar-refractivity contribution in [1.29, 1.82) is 0 Å². The third-order valence-corrected chi connectivity index (χ3v) is 2.64. The minimum atomic E-state index is 0.750. The highest BCUT2D eigenvalue weighted by molar-refractivity contribution is 4.84. The zero-order chi connectivity index (χ0) is 10.9. The predicted octanol–water partition coefficient (Wildman–Crippen LogP) is 0.463. The van der Waals surface area contributed by atoms with Gasteiger partial charge in [-0.05, 0) is 19.3 Å². The van der Waals surface area contributed by atoms with Gasteiger partial charge in [0.1, 0.15) is 0 Å². The maximum absolute atomic E-state index is 5.57. The maximum atomic E-state index is 5.57. The molecule has 4 nitrogen and oxygen atoms in total. The Labute approximate surface area is 92.7 Å². The molecule has 0 heterocycles. The molecule has 0 atom stereocenters. The minimum Gasteiger partial charge on any atom is -0.385 e. The summed E-state index contributed by atoms with van der Waals surface area (Å²) in [4.78, 5) is 2.44. The molecule has 1 aliphatic rings. The van der Waals surface area contributed by atoms with Gasteiger partial charge in [-0.2, -0.15) is 0 Å². The largest absolute Gasteiger partial charge is 0.385 e. The van der Waals surface area contributed by atoms with Crippen molar-refractivity contribution in [3.8, 4) is 0 Å². The van der Waals surface area contributed by atoms with Crippen molar-refractivity contribution in [2.24, 2.45) is 5.73 Å². The van der Waals surface area contributed by atoms with Crippen LogP contribution in [0.2, 0.25) is 0 Å². The molecule has 0 unspecified atom stereocenters. The van der Waals surface area contributed by atoms with Gasteiger partial charge in [0.2, 0.25) is 0 Å². The van der Waals surface area contributed by atoms with Crippen LogP contribution in [0.3, 0.4) is 0 Å². The van der Waals surface area contributed by atoms with Gasteiger partial charge in [0.25, 0.3) is 0 Å². The van der Waals surface area contributed by atoms with Crippen molar-refractivity contribution in [2.45, 2.75) is 25.3 Å². The first-order valence-corrected chi connectivity index (χ1v) is 5.89. The summed E-state index contributed by atoms with van der Waals surface area (Å²) in [6, 6.07) is 0.788. The number of rotatable bonds is 10. The van der Waals surface area contributed by atoms with Gasteiger partial charge in [0.15, 0.2) is 0 Å². The summed E-state index contributed by atoms with van der Waals surface area (Å²) in [6.45, 7) is 5.19. The number of nitrogens with two attached hydrogens (primary N) is 1. The van der Waals surface area contributed by atoms with Gasteiger partial charge in [-0.1, -0.05) is 0 Å². The van der Waals surface area contributed by atoms with Crippen molar-refractivity contribution >= 4 is 0 Å². The quantitative estimate of drug-likeness (QED) is 0.539. The lowest BCUT2D eigenvalue weighted by molar-refractivity contribution is 0.0826. The first kappa shape index (κ1) is 12.9. The summed E-state index contributed by atoms with van der Waals surface area (Å²) >= 11 is 0. The summed E-state index contributed by atoms with van der Waals surface area (Å²) in [6.07, 6.45) is 3.66. The van der Waals surface area contributed by atoms with Crippen LogP contribution in [0.25, 0.3) is 0 Å². The van der Waals surface area contributed by atoms with Crippen LogP contribution in [-0.4, -0.2) is 57.5 Å². The fourth-order valence-electron chi connectivity index (χ4n) is 1.67. The van der Waals surface area contributed by atoms with E-state index in [1.807, 2.05) is 0 Å². The first-order chi connectivity index (χ1) is 7.38. The Bertz CT molecular complexity index is 152. The second kappa shape index (κ2) is 8.05. The van der Waals surface area contributed by atoms with Crippen LogP contribution in [0.15, 0.2) is 0 Å². The molecule has 1 aliphatic carbocycles. The molecule has 0 aromatic heterocycles. The van der Waals surface area contributed by atoms with E-state index in [9.17, 15) is 0 Å². The van der Waals surface area contributed by atoms with Crippen molar-refractivity contribution in [2.75, 3.05) is 46.6 Å². The lowest BCUT2D eigenvalue weighted by Gasteiger charge is -2.20. The molecular weight excluding hydrogens is 192 g/mol. The van der Waals surface area contributed by atoms with Crippen LogP contribution >= 0.6 is 0 Å². The molecule has 0 aromatic carbocycles. The smallest absolute Gasteiger partial charge is 0.0593 e. The normalized spacial score (nSPS) is 16.2. The first-order valence-electron chi connectivity index (χ1n) is 5.89. The van der Waals surface area contributed by atoms with Crippen LogP contribution in [-0.2, 0) is 9.47 Å². The molecule has 1 rings (SSSR count). The van der Waals surface area contributed by atoms with Crippen molar-refractivity contribution in [1.82, 2.24) is 4.90 Å². The number of hydrogen-bond donors (Lipinski definition) is 1. The Morgan fingerprint density at radius 3 is 2.60 bits per heavy atom. The average molecular weight is 216 g/mol. The highest BCUT2D eigenvalue weighted by Gasteiger charge is 2.27. The predicted molar refractivity (Wildman–Crippen MR) is 61.0 cm³/mol. The Hall–Kier alpha value is -0.160. The molecule has 0 radical (unpaired) electrons. The molecule has 0 amide bonds. The lowest BCUT2D eigenvalue weighted by Crippen LogP contribution is -2.34. The molecule has 0 aliphatic heterocycles. The van der Waals surface area contributed by atoms with E-state index in [4.69, 9.17) is 15.2 Å². The van der Waals surface area contributed by atoms with Crippen LogP contribution in [0, 0.1) is 0 Å².